The quantitative estimate of drug-likeness (QED) is 0.358. The van der Waals surface area contributed by atoms with Crippen molar-refractivity contribution in [1.29, 1.82) is 0 Å². The number of rotatable bonds is 2. The van der Waals surface area contributed by atoms with Crippen LogP contribution in [0.5, 0.6) is 0 Å². The van der Waals surface area contributed by atoms with Crippen molar-refractivity contribution in [2.75, 3.05) is 7.11 Å². The molecule has 0 aromatic rings. The smallest absolute Gasteiger partial charge is 0.326 e. The van der Waals surface area contributed by atoms with Crippen molar-refractivity contribution in [3.05, 3.63) is 0 Å². The van der Waals surface area contributed by atoms with Crippen LogP contribution in [0.15, 0.2) is 0 Å². The Morgan fingerprint density at radius 2 is 2.25 bits per heavy atom. The Morgan fingerprint density at radius 1 is 1.58 bits per heavy atom. The Hall–Kier alpha value is -0.670. The number of carbonyl (C=O) groups excluding carboxylic acids is 2. The molecule has 0 saturated carbocycles. The van der Waals surface area contributed by atoms with Gasteiger partial charge in [-0.2, -0.15) is 0 Å². The lowest BCUT2D eigenvalue weighted by atomic mass is 10.2. The van der Waals surface area contributed by atoms with E-state index in [1.54, 1.807) is 0 Å². The molecule has 5 nitrogen and oxygen atoms in total. The molecular weight excluding hydrogens is 183 g/mol. The standard InChI is InChI=1S/C6H9O5P/c1-10-12(9)4-2-3-5(7)11-6(4)8/h4,12H,2-3H2,1H3. The Labute approximate surface area is 69.9 Å². The third-order valence-corrected chi connectivity index (χ3v) is 3.12. The maximum atomic E-state index is 11.0. The third-order valence-electron chi connectivity index (χ3n) is 1.62. The molecule has 1 saturated heterocycles. The summed E-state index contributed by atoms with van der Waals surface area (Å²) in [6, 6.07) is 0. The van der Waals surface area contributed by atoms with Gasteiger partial charge < -0.3 is 9.26 Å². The first-order valence-electron chi connectivity index (χ1n) is 3.47. The molecular formula is C6H9O5P. The van der Waals surface area contributed by atoms with Crippen LogP contribution >= 0.6 is 8.03 Å². The predicted octanol–water partition coefficient (Wildman–Crippen LogP) is 0.340. The van der Waals surface area contributed by atoms with Crippen molar-refractivity contribution >= 4 is 20.0 Å². The fraction of sp³-hybridized carbons (Fsp3) is 0.667. The maximum absolute atomic E-state index is 11.0. The van der Waals surface area contributed by atoms with Crippen molar-refractivity contribution in [3.8, 4) is 0 Å². The summed E-state index contributed by atoms with van der Waals surface area (Å²) in [4.78, 5) is 21.5. The molecule has 0 amide bonds. The minimum absolute atomic E-state index is 0.135. The maximum Gasteiger partial charge on any atom is 0.326 e. The largest absolute Gasteiger partial charge is 0.393 e. The second-order valence-corrected chi connectivity index (χ2v) is 4.15. The molecule has 0 aromatic carbocycles. The second kappa shape index (κ2) is 3.83. The average molecular weight is 192 g/mol. The van der Waals surface area contributed by atoms with Gasteiger partial charge in [-0.15, -0.1) is 0 Å². The number of carbonyl (C=O) groups is 2. The van der Waals surface area contributed by atoms with Crippen molar-refractivity contribution in [2.45, 2.75) is 18.5 Å². The van der Waals surface area contributed by atoms with Gasteiger partial charge in [-0.3, -0.25) is 14.2 Å². The van der Waals surface area contributed by atoms with Gasteiger partial charge in [0.1, 0.15) is 5.66 Å². The predicted molar refractivity (Wildman–Crippen MR) is 40.1 cm³/mol. The summed E-state index contributed by atoms with van der Waals surface area (Å²) in [5, 5.41) is 0. The van der Waals surface area contributed by atoms with Crippen LogP contribution in [0.25, 0.3) is 0 Å². The number of esters is 2. The lowest BCUT2D eigenvalue weighted by molar-refractivity contribution is -0.162. The van der Waals surface area contributed by atoms with Crippen LogP contribution in [0.4, 0.5) is 0 Å². The van der Waals surface area contributed by atoms with Gasteiger partial charge in [0.25, 0.3) is 0 Å². The number of hydrogen-bond donors (Lipinski definition) is 0. The number of cyclic esters (lactones) is 2. The summed E-state index contributed by atoms with van der Waals surface area (Å²) in [6.45, 7) is 0. The molecule has 1 heterocycles. The zero-order valence-corrected chi connectivity index (χ0v) is 7.53. The molecule has 12 heavy (non-hydrogen) atoms. The minimum Gasteiger partial charge on any atom is -0.393 e. The summed E-state index contributed by atoms with van der Waals surface area (Å²) in [5.41, 5.74) is -0.738. The lowest BCUT2D eigenvalue weighted by Crippen LogP contribution is -2.29. The molecule has 0 N–H and O–H groups in total. The van der Waals surface area contributed by atoms with Gasteiger partial charge in [-0.1, -0.05) is 0 Å². The summed E-state index contributed by atoms with van der Waals surface area (Å²) in [5.74, 6) is -1.28. The lowest BCUT2D eigenvalue weighted by Gasteiger charge is -2.17. The van der Waals surface area contributed by atoms with E-state index in [1.165, 1.54) is 7.11 Å². The van der Waals surface area contributed by atoms with E-state index in [0.29, 0.717) is 0 Å². The zero-order chi connectivity index (χ0) is 9.14. The van der Waals surface area contributed by atoms with Crippen LogP contribution in [0.1, 0.15) is 12.8 Å². The first-order chi connectivity index (χ1) is 5.65. The van der Waals surface area contributed by atoms with Crippen LogP contribution in [0, 0.1) is 0 Å². The molecule has 0 spiro atoms. The molecule has 6 heteroatoms. The summed E-state index contributed by atoms with van der Waals surface area (Å²) < 4.78 is 19.9. The molecule has 1 aliphatic rings. The molecule has 1 aliphatic heterocycles. The van der Waals surface area contributed by atoms with Gasteiger partial charge in [0.2, 0.25) is 8.03 Å². The monoisotopic (exact) mass is 192 g/mol. The van der Waals surface area contributed by atoms with Crippen LogP contribution in [0.3, 0.4) is 0 Å². The highest BCUT2D eigenvalue weighted by molar-refractivity contribution is 7.41. The molecule has 2 unspecified atom stereocenters. The second-order valence-electron chi connectivity index (χ2n) is 2.41. The fourth-order valence-electron chi connectivity index (χ4n) is 0.971. The number of hydrogen-bond acceptors (Lipinski definition) is 5. The van der Waals surface area contributed by atoms with E-state index in [-0.39, 0.29) is 12.8 Å². The van der Waals surface area contributed by atoms with Gasteiger partial charge in [-0.25, -0.2) is 0 Å². The summed E-state index contributed by atoms with van der Waals surface area (Å²) in [6.07, 6.45) is 0.402. The Kier molecular flexibility index (Phi) is 3.00. The van der Waals surface area contributed by atoms with Crippen molar-refractivity contribution in [3.63, 3.8) is 0 Å². The van der Waals surface area contributed by atoms with Crippen LogP contribution in [-0.4, -0.2) is 24.7 Å². The van der Waals surface area contributed by atoms with E-state index in [4.69, 9.17) is 0 Å². The highest BCUT2D eigenvalue weighted by Crippen LogP contribution is 2.34. The van der Waals surface area contributed by atoms with Gasteiger partial charge in [0.15, 0.2) is 0 Å². The van der Waals surface area contributed by atoms with Crippen LogP contribution in [0.2, 0.25) is 0 Å². The molecule has 1 fully saturated rings. The molecule has 68 valence electrons. The normalized spacial score (nSPS) is 26.6. The van der Waals surface area contributed by atoms with Gasteiger partial charge >= 0.3 is 11.9 Å². The zero-order valence-electron chi connectivity index (χ0n) is 6.53. The van der Waals surface area contributed by atoms with E-state index in [0.717, 1.165) is 0 Å². The average Bonchev–Trinajstić information content (AvgIpc) is 2.03. The van der Waals surface area contributed by atoms with Gasteiger partial charge in [0.05, 0.1) is 0 Å². The topological polar surface area (TPSA) is 69.7 Å². The first-order valence-corrected chi connectivity index (χ1v) is 4.87. The Morgan fingerprint density at radius 3 is 2.75 bits per heavy atom. The van der Waals surface area contributed by atoms with E-state index < -0.39 is 25.6 Å². The van der Waals surface area contributed by atoms with E-state index >= 15 is 0 Å². The molecule has 2 atom stereocenters. The summed E-state index contributed by atoms with van der Waals surface area (Å²) in [7, 11) is -1.11. The Bertz CT molecular complexity index is 236. The number of ether oxygens (including phenoxy) is 1. The molecule has 0 aliphatic carbocycles. The summed E-state index contributed by atoms with van der Waals surface area (Å²) >= 11 is 0. The van der Waals surface area contributed by atoms with Gasteiger partial charge in [0, 0.05) is 13.5 Å². The van der Waals surface area contributed by atoms with Crippen molar-refractivity contribution in [2.24, 2.45) is 0 Å². The highest BCUT2D eigenvalue weighted by Gasteiger charge is 2.33. The van der Waals surface area contributed by atoms with E-state index in [9.17, 15) is 14.2 Å². The first kappa shape index (κ1) is 9.42. The van der Waals surface area contributed by atoms with E-state index in [1.807, 2.05) is 0 Å². The van der Waals surface area contributed by atoms with Crippen LogP contribution < -0.4 is 0 Å². The highest BCUT2D eigenvalue weighted by atomic mass is 31.1. The third kappa shape index (κ3) is 1.93. The molecule has 0 radical (unpaired) electrons. The van der Waals surface area contributed by atoms with Crippen molar-refractivity contribution < 1.29 is 23.4 Å². The van der Waals surface area contributed by atoms with Gasteiger partial charge in [-0.05, 0) is 6.42 Å². The molecule has 1 rings (SSSR count). The Balaban J connectivity index is 2.62. The van der Waals surface area contributed by atoms with Crippen LogP contribution in [-0.2, 0) is 23.4 Å². The van der Waals surface area contributed by atoms with E-state index in [2.05, 4.69) is 9.26 Å². The molecule has 0 bridgehead atoms. The minimum atomic E-state index is -2.38. The fourth-order valence-corrected chi connectivity index (χ4v) is 1.89. The molecule has 0 aromatic heterocycles. The SMILES string of the molecule is CO[PH](=O)C1CCC(=O)OC1=O. The van der Waals surface area contributed by atoms with Crippen molar-refractivity contribution in [1.82, 2.24) is 0 Å².